The molecule has 158 valence electrons. The highest BCUT2D eigenvalue weighted by Crippen LogP contribution is 2.20. The third kappa shape index (κ3) is 12.4. The highest BCUT2D eigenvalue weighted by Gasteiger charge is 2.35. The third-order valence-corrected chi connectivity index (χ3v) is 3.88. The fourth-order valence-corrected chi connectivity index (χ4v) is 2.12. The van der Waals surface area contributed by atoms with Gasteiger partial charge in [-0.2, -0.15) is 0 Å². The van der Waals surface area contributed by atoms with E-state index in [0.717, 1.165) is 19.3 Å². The molecule has 0 amide bonds. The van der Waals surface area contributed by atoms with Crippen molar-refractivity contribution in [3.05, 3.63) is 0 Å². The molecule has 0 aliphatic heterocycles. The molecule has 0 saturated heterocycles. The van der Waals surface area contributed by atoms with Gasteiger partial charge in [0.1, 0.15) is 6.61 Å². The number of esters is 3. The van der Waals surface area contributed by atoms with Crippen molar-refractivity contribution in [1.82, 2.24) is 0 Å². The Morgan fingerprint density at radius 2 is 1.41 bits per heavy atom. The molecule has 2 unspecified atom stereocenters. The molecule has 27 heavy (non-hydrogen) atoms. The Hall–Kier alpha value is -1.67. The van der Waals surface area contributed by atoms with Crippen molar-refractivity contribution < 1.29 is 38.4 Å². The Bertz CT molecular complexity index is 424. The fraction of sp³-hybridized carbons (Fsp3) is 0.842. The van der Waals surface area contributed by atoms with Crippen LogP contribution in [0.1, 0.15) is 52.9 Å². The number of aliphatic hydroxyl groups is 1. The van der Waals surface area contributed by atoms with Crippen LogP contribution in [0, 0.1) is 11.8 Å². The predicted molar refractivity (Wildman–Crippen MR) is 97.9 cm³/mol. The minimum atomic E-state index is -0.957. The van der Waals surface area contributed by atoms with Crippen LogP contribution in [0.15, 0.2) is 0 Å². The summed E-state index contributed by atoms with van der Waals surface area (Å²) in [5.41, 5.74) is 0. The second kappa shape index (κ2) is 16.5. The molecule has 0 aromatic heterocycles. The average molecular weight is 390 g/mol. The smallest absolute Gasteiger partial charge is 0.310 e. The topological polar surface area (TPSA) is 108 Å². The van der Waals surface area contributed by atoms with Crippen molar-refractivity contribution in [1.29, 1.82) is 0 Å². The van der Waals surface area contributed by atoms with E-state index in [9.17, 15) is 14.4 Å². The number of aliphatic hydroxyl groups excluding tert-OH is 1. The number of unbranched alkanes of at least 4 members (excludes halogenated alkanes) is 2. The van der Waals surface area contributed by atoms with Crippen molar-refractivity contribution in [2.45, 2.75) is 52.9 Å². The largest absolute Gasteiger partial charge is 0.466 e. The minimum Gasteiger partial charge on any atom is -0.466 e. The maximum atomic E-state index is 12.4. The van der Waals surface area contributed by atoms with Gasteiger partial charge in [-0.25, -0.2) is 0 Å². The quantitative estimate of drug-likeness (QED) is 0.242. The van der Waals surface area contributed by atoms with Crippen LogP contribution in [0.25, 0.3) is 0 Å². The first-order chi connectivity index (χ1) is 13.0. The third-order valence-electron chi connectivity index (χ3n) is 3.88. The second-order valence-electron chi connectivity index (χ2n) is 6.20. The molecule has 8 nitrogen and oxygen atoms in total. The molecule has 0 bridgehead atoms. The first kappa shape index (κ1) is 25.3. The molecule has 2 atom stereocenters. The van der Waals surface area contributed by atoms with Gasteiger partial charge < -0.3 is 24.1 Å². The molecule has 0 aliphatic rings. The van der Waals surface area contributed by atoms with Gasteiger partial charge in [-0.1, -0.05) is 33.6 Å². The SMILES string of the molecule is CCCCOC(=O)CC(C(=O)OCCCC)C(C)C(=O)OCCOCCO. The first-order valence-electron chi connectivity index (χ1n) is 9.65. The molecule has 0 aromatic rings. The molecule has 1 N–H and O–H groups in total. The van der Waals surface area contributed by atoms with Crippen LogP contribution in [0.3, 0.4) is 0 Å². The normalized spacial score (nSPS) is 12.9. The van der Waals surface area contributed by atoms with Gasteiger partial charge in [0.05, 0.1) is 51.3 Å². The highest BCUT2D eigenvalue weighted by atomic mass is 16.6. The van der Waals surface area contributed by atoms with Gasteiger partial charge in [-0.3, -0.25) is 14.4 Å². The van der Waals surface area contributed by atoms with E-state index >= 15 is 0 Å². The van der Waals surface area contributed by atoms with Crippen molar-refractivity contribution in [2.75, 3.05) is 39.6 Å². The van der Waals surface area contributed by atoms with E-state index < -0.39 is 29.7 Å². The van der Waals surface area contributed by atoms with Crippen LogP contribution in [0.4, 0.5) is 0 Å². The molecular weight excluding hydrogens is 356 g/mol. The summed E-state index contributed by atoms with van der Waals surface area (Å²) in [5, 5.41) is 8.62. The Balaban J connectivity index is 4.70. The number of hydrogen-bond donors (Lipinski definition) is 1. The summed E-state index contributed by atoms with van der Waals surface area (Å²) in [6.07, 6.45) is 2.97. The van der Waals surface area contributed by atoms with Gasteiger partial charge >= 0.3 is 17.9 Å². The summed E-state index contributed by atoms with van der Waals surface area (Å²) in [6.45, 7) is 6.19. The maximum Gasteiger partial charge on any atom is 0.310 e. The van der Waals surface area contributed by atoms with Gasteiger partial charge in [0, 0.05) is 0 Å². The number of ether oxygens (including phenoxy) is 4. The number of carbonyl (C=O) groups excluding carboxylic acids is 3. The Labute approximate surface area is 161 Å². The van der Waals surface area contributed by atoms with E-state index in [1.54, 1.807) is 0 Å². The number of rotatable bonds is 16. The van der Waals surface area contributed by atoms with Crippen LogP contribution in [-0.4, -0.2) is 62.7 Å². The van der Waals surface area contributed by atoms with E-state index in [0.29, 0.717) is 6.42 Å². The van der Waals surface area contributed by atoms with Crippen molar-refractivity contribution in [2.24, 2.45) is 11.8 Å². The summed E-state index contributed by atoms with van der Waals surface area (Å²) < 4.78 is 20.4. The lowest BCUT2D eigenvalue weighted by Gasteiger charge is -2.21. The zero-order valence-electron chi connectivity index (χ0n) is 16.7. The van der Waals surface area contributed by atoms with Gasteiger partial charge in [0.15, 0.2) is 0 Å². The molecular formula is C19H34O8. The molecule has 0 rings (SSSR count). The molecule has 0 radical (unpaired) electrons. The molecule has 0 spiro atoms. The standard InChI is InChI=1S/C19H34O8/c1-4-6-9-25-17(21)14-16(19(23)26-10-7-5-2)15(3)18(22)27-13-12-24-11-8-20/h15-16,20H,4-14H2,1-3H3. The lowest BCUT2D eigenvalue weighted by Crippen LogP contribution is -2.33. The average Bonchev–Trinajstić information content (AvgIpc) is 2.65. The highest BCUT2D eigenvalue weighted by molar-refractivity contribution is 5.85. The first-order valence-corrected chi connectivity index (χ1v) is 9.65. The van der Waals surface area contributed by atoms with Gasteiger partial charge in [-0.05, 0) is 12.8 Å². The second-order valence-corrected chi connectivity index (χ2v) is 6.20. The summed E-state index contributed by atoms with van der Waals surface area (Å²) in [6, 6.07) is 0. The lowest BCUT2D eigenvalue weighted by molar-refractivity contribution is -0.164. The summed E-state index contributed by atoms with van der Waals surface area (Å²) in [4.78, 5) is 36.6. The predicted octanol–water partition coefficient (Wildman–Crippen LogP) is 1.87. The molecule has 8 heteroatoms. The van der Waals surface area contributed by atoms with Crippen molar-refractivity contribution in [3.8, 4) is 0 Å². The molecule has 0 fully saturated rings. The summed E-state index contributed by atoms with van der Waals surface area (Å²) in [5.74, 6) is -3.55. The van der Waals surface area contributed by atoms with Crippen LogP contribution < -0.4 is 0 Å². The molecule has 0 saturated carbocycles. The minimum absolute atomic E-state index is 0.00171. The monoisotopic (exact) mass is 390 g/mol. The van der Waals surface area contributed by atoms with Crippen molar-refractivity contribution >= 4 is 17.9 Å². The van der Waals surface area contributed by atoms with Crippen LogP contribution >= 0.6 is 0 Å². The van der Waals surface area contributed by atoms with E-state index in [2.05, 4.69) is 0 Å². The van der Waals surface area contributed by atoms with Gasteiger partial charge in [0.25, 0.3) is 0 Å². The van der Waals surface area contributed by atoms with E-state index in [1.807, 2.05) is 13.8 Å². The summed E-state index contributed by atoms with van der Waals surface area (Å²) >= 11 is 0. The lowest BCUT2D eigenvalue weighted by atomic mass is 9.91. The van der Waals surface area contributed by atoms with Crippen molar-refractivity contribution in [3.63, 3.8) is 0 Å². The van der Waals surface area contributed by atoms with Crippen LogP contribution in [0.5, 0.6) is 0 Å². The zero-order valence-corrected chi connectivity index (χ0v) is 16.7. The zero-order chi connectivity index (χ0) is 20.5. The molecule has 0 aliphatic carbocycles. The van der Waals surface area contributed by atoms with Crippen LogP contribution in [0.2, 0.25) is 0 Å². The molecule has 0 aromatic carbocycles. The molecule has 0 heterocycles. The fourth-order valence-electron chi connectivity index (χ4n) is 2.12. The van der Waals surface area contributed by atoms with Crippen LogP contribution in [-0.2, 0) is 33.3 Å². The van der Waals surface area contributed by atoms with E-state index in [1.165, 1.54) is 6.92 Å². The Kier molecular flexibility index (Phi) is 15.5. The van der Waals surface area contributed by atoms with E-state index in [4.69, 9.17) is 24.1 Å². The Morgan fingerprint density at radius 1 is 0.815 bits per heavy atom. The van der Waals surface area contributed by atoms with Gasteiger partial charge in [0.2, 0.25) is 0 Å². The number of carbonyl (C=O) groups is 3. The number of hydrogen-bond acceptors (Lipinski definition) is 8. The van der Waals surface area contributed by atoms with E-state index in [-0.39, 0.29) is 46.1 Å². The summed E-state index contributed by atoms with van der Waals surface area (Å²) in [7, 11) is 0. The Morgan fingerprint density at radius 3 is 2.00 bits per heavy atom. The maximum absolute atomic E-state index is 12.4. The van der Waals surface area contributed by atoms with Gasteiger partial charge in [-0.15, -0.1) is 0 Å².